The standard InChI is InChI=1S/C15H30O/c1-8-11(3)14(12(4)9-2)13(16)10-15(5,6)7/h11-12,14H,8-10H2,1-7H3. The zero-order valence-corrected chi connectivity index (χ0v) is 12.3. The van der Waals surface area contributed by atoms with E-state index in [0.29, 0.717) is 24.0 Å². The SMILES string of the molecule is CCC(C)C(C(=O)CC(C)(C)C)C(C)CC. The minimum absolute atomic E-state index is 0.121. The highest BCUT2D eigenvalue weighted by molar-refractivity contribution is 5.82. The average Bonchev–Trinajstić information content (AvgIpc) is 2.14. The number of hydrogen-bond donors (Lipinski definition) is 0. The normalized spacial score (nSPS) is 17.9. The van der Waals surface area contributed by atoms with Crippen LogP contribution in [0.25, 0.3) is 0 Å². The number of ketones is 1. The van der Waals surface area contributed by atoms with Crippen molar-refractivity contribution in [2.24, 2.45) is 23.2 Å². The van der Waals surface area contributed by atoms with Crippen molar-refractivity contribution in [3.63, 3.8) is 0 Å². The monoisotopic (exact) mass is 226 g/mol. The highest BCUT2D eigenvalue weighted by Gasteiger charge is 2.30. The van der Waals surface area contributed by atoms with Gasteiger partial charge in [0.2, 0.25) is 0 Å². The van der Waals surface area contributed by atoms with Crippen molar-refractivity contribution < 1.29 is 4.79 Å². The van der Waals surface area contributed by atoms with Crippen LogP contribution in [0.15, 0.2) is 0 Å². The second-order valence-electron chi connectivity index (χ2n) is 6.50. The summed E-state index contributed by atoms with van der Waals surface area (Å²) >= 11 is 0. The van der Waals surface area contributed by atoms with Crippen LogP contribution in [0, 0.1) is 23.2 Å². The quantitative estimate of drug-likeness (QED) is 0.641. The molecule has 0 aliphatic carbocycles. The fraction of sp³-hybridized carbons (Fsp3) is 0.933. The lowest BCUT2D eigenvalue weighted by molar-refractivity contribution is -0.128. The lowest BCUT2D eigenvalue weighted by Gasteiger charge is -2.30. The topological polar surface area (TPSA) is 17.1 Å². The number of hydrogen-bond acceptors (Lipinski definition) is 1. The lowest BCUT2D eigenvalue weighted by Crippen LogP contribution is -2.30. The van der Waals surface area contributed by atoms with E-state index < -0.39 is 0 Å². The molecule has 0 saturated carbocycles. The van der Waals surface area contributed by atoms with Crippen molar-refractivity contribution in [3.05, 3.63) is 0 Å². The fourth-order valence-electron chi connectivity index (χ4n) is 2.34. The predicted octanol–water partition coefficient (Wildman–Crippen LogP) is 4.70. The Morgan fingerprint density at radius 2 is 1.38 bits per heavy atom. The Hall–Kier alpha value is -0.330. The summed E-state index contributed by atoms with van der Waals surface area (Å²) in [5.41, 5.74) is 0.121. The van der Waals surface area contributed by atoms with Crippen LogP contribution in [-0.2, 0) is 4.79 Å². The van der Waals surface area contributed by atoms with E-state index in [1.165, 1.54) is 0 Å². The van der Waals surface area contributed by atoms with Crippen LogP contribution < -0.4 is 0 Å². The van der Waals surface area contributed by atoms with Gasteiger partial charge in [0.15, 0.2) is 0 Å². The van der Waals surface area contributed by atoms with Gasteiger partial charge in [-0.15, -0.1) is 0 Å². The Morgan fingerprint density at radius 1 is 1.00 bits per heavy atom. The molecule has 1 heteroatoms. The summed E-state index contributed by atoms with van der Waals surface area (Å²) in [5.74, 6) is 1.76. The summed E-state index contributed by atoms with van der Waals surface area (Å²) < 4.78 is 0. The summed E-state index contributed by atoms with van der Waals surface area (Å²) in [6.07, 6.45) is 2.92. The maximum Gasteiger partial charge on any atom is 0.137 e. The molecule has 2 unspecified atom stereocenters. The first-order valence-corrected chi connectivity index (χ1v) is 6.75. The fourth-order valence-corrected chi connectivity index (χ4v) is 2.34. The largest absolute Gasteiger partial charge is 0.299 e. The van der Waals surface area contributed by atoms with Gasteiger partial charge in [0.25, 0.3) is 0 Å². The van der Waals surface area contributed by atoms with Gasteiger partial charge in [0.05, 0.1) is 0 Å². The molecule has 0 rings (SSSR count). The molecule has 0 heterocycles. The minimum atomic E-state index is 0.121. The van der Waals surface area contributed by atoms with Crippen LogP contribution in [0.2, 0.25) is 0 Å². The van der Waals surface area contributed by atoms with E-state index in [4.69, 9.17) is 0 Å². The van der Waals surface area contributed by atoms with Crippen molar-refractivity contribution in [1.82, 2.24) is 0 Å². The first-order valence-electron chi connectivity index (χ1n) is 6.75. The van der Waals surface area contributed by atoms with Gasteiger partial charge >= 0.3 is 0 Å². The Morgan fingerprint density at radius 3 is 1.62 bits per heavy atom. The van der Waals surface area contributed by atoms with Gasteiger partial charge in [-0.2, -0.15) is 0 Å². The van der Waals surface area contributed by atoms with Crippen molar-refractivity contribution in [3.8, 4) is 0 Å². The highest BCUT2D eigenvalue weighted by Crippen LogP contribution is 2.31. The Kier molecular flexibility index (Phi) is 6.28. The van der Waals surface area contributed by atoms with Crippen molar-refractivity contribution >= 4 is 5.78 Å². The van der Waals surface area contributed by atoms with E-state index >= 15 is 0 Å². The Balaban J connectivity index is 4.70. The molecule has 0 aliphatic rings. The number of Topliss-reactive ketones (excluding diaryl/α,β-unsaturated/α-hetero) is 1. The molecule has 2 atom stereocenters. The van der Waals surface area contributed by atoms with Crippen molar-refractivity contribution in [2.75, 3.05) is 0 Å². The summed E-state index contributed by atoms with van der Waals surface area (Å²) in [7, 11) is 0. The molecule has 0 bridgehead atoms. The van der Waals surface area contributed by atoms with Crippen LogP contribution in [0.1, 0.15) is 67.7 Å². The maximum atomic E-state index is 12.4. The molecular weight excluding hydrogens is 196 g/mol. The van der Waals surface area contributed by atoms with Gasteiger partial charge < -0.3 is 0 Å². The molecule has 16 heavy (non-hydrogen) atoms. The van der Waals surface area contributed by atoms with E-state index in [2.05, 4.69) is 48.5 Å². The zero-order chi connectivity index (χ0) is 12.9. The third kappa shape index (κ3) is 5.14. The Labute approximate surface area is 102 Å². The van der Waals surface area contributed by atoms with Gasteiger partial charge in [-0.1, -0.05) is 61.3 Å². The molecule has 0 saturated heterocycles. The molecule has 0 spiro atoms. The molecular formula is C15H30O. The molecule has 0 amide bonds. The molecule has 0 aromatic carbocycles. The minimum Gasteiger partial charge on any atom is -0.299 e. The van der Waals surface area contributed by atoms with Gasteiger partial charge in [-0.25, -0.2) is 0 Å². The third-order valence-electron chi connectivity index (χ3n) is 3.59. The number of carbonyl (C=O) groups is 1. The zero-order valence-electron chi connectivity index (χ0n) is 12.3. The molecule has 0 aromatic rings. The molecule has 0 fully saturated rings. The molecule has 0 aliphatic heterocycles. The van der Waals surface area contributed by atoms with Gasteiger partial charge in [0, 0.05) is 12.3 Å². The molecule has 0 aromatic heterocycles. The highest BCUT2D eigenvalue weighted by atomic mass is 16.1. The molecule has 0 N–H and O–H groups in total. The van der Waals surface area contributed by atoms with E-state index in [9.17, 15) is 4.79 Å². The lowest BCUT2D eigenvalue weighted by atomic mass is 9.74. The van der Waals surface area contributed by atoms with Crippen LogP contribution in [0.4, 0.5) is 0 Å². The van der Waals surface area contributed by atoms with E-state index in [0.717, 1.165) is 12.8 Å². The van der Waals surface area contributed by atoms with Crippen LogP contribution in [-0.4, -0.2) is 5.78 Å². The second kappa shape index (κ2) is 6.42. The molecule has 0 radical (unpaired) electrons. The van der Waals surface area contributed by atoms with E-state index in [1.807, 2.05) is 0 Å². The van der Waals surface area contributed by atoms with Crippen molar-refractivity contribution in [1.29, 1.82) is 0 Å². The first kappa shape index (κ1) is 15.7. The average molecular weight is 226 g/mol. The smallest absolute Gasteiger partial charge is 0.137 e. The predicted molar refractivity (Wildman–Crippen MR) is 71.5 cm³/mol. The molecule has 96 valence electrons. The van der Waals surface area contributed by atoms with Crippen LogP contribution in [0.3, 0.4) is 0 Å². The number of carbonyl (C=O) groups excluding carboxylic acids is 1. The van der Waals surface area contributed by atoms with E-state index in [1.54, 1.807) is 0 Å². The van der Waals surface area contributed by atoms with Crippen LogP contribution in [0.5, 0.6) is 0 Å². The third-order valence-corrected chi connectivity index (χ3v) is 3.59. The van der Waals surface area contributed by atoms with Crippen molar-refractivity contribution in [2.45, 2.75) is 67.7 Å². The first-order chi connectivity index (χ1) is 7.22. The summed E-state index contributed by atoms with van der Waals surface area (Å²) in [6, 6.07) is 0. The maximum absolute atomic E-state index is 12.4. The number of rotatable bonds is 6. The van der Waals surface area contributed by atoms with Gasteiger partial charge in [-0.3, -0.25) is 4.79 Å². The summed E-state index contributed by atoms with van der Waals surface area (Å²) in [4.78, 5) is 12.4. The van der Waals surface area contributed by atoms with E-state index in [-0.39, 0.29) is 11.3 Å². The second-order valence-corrected chi connectivity index (χ2v) is 6.50. The van der Waals surface area contributed by atoms with Crippen LogP contribution >= 0.6 is 0 Å². The Bertz CT molecular complexity index is 202. The summed E-state index contributed by atoms with van der Waals surface area (Å²) in [5, 5.41) is 0. The summed E-state index contributed by atoms with van der Waals surface area (Å²) in [6.45, 7) is 15.3. The van der Waals surface area contributed by atoms with Gasteiger partial charge in [0.1, 0.15) is 5.78 Å². The molecule has 1 nitrogen and oxygen atoms in total. The van der Waals surface area contributed by atoms with Gasteiger partial charge in [-0.05, 0) is 17.3 Å².